The molecule has 8 heteroatoms. The van der Waals surface area contributed by atoms with Crippen molar-refractivity contribution in [1.29, 1.82) is 0 Å². The van der Waals surface area contributed by atoms with Gasteiger partial charge in [-0.15, -0.1) is 11.6 Å². The molecule has 1 aromatic heterocycles. The minimum Gasteiger partial charge on any atom is -0.328 e. The number of nitrogens with one attached hydrogen (secondary N) is 1. The van der Waals surface area contributed by atoms with Crippen molar-refractivity contribution in [3.8, 4) is 0 Å². The minimum atomic E-state index is -3.19. The monoisotopic (exact) mass is 333 g/mol. The van der Waals surface area contributed by atoms with E-state index in [1.54, 1.807) is 12.1 Å². The number of halogens is 2. The van der Waals surface area contributed by atoms with Crippen molar-refractivity contribution >= 4 is 32.7 Å². The lowest BCUT2D eigenvalue weighted by atomic mass is 10.3. The largest absolute Gasteiger partial charge is 0.328 e. The molecule has 116 valence electrons. The topological polar surface area (TPSA) is 64.0 Å². The van der Waals surface area contributed by atoms with Gasteiger partial charge in [-0.1, -0.05) is 6.07 Å². The summed E-state index contributed by atoms with van der Waals surface area (Å²) >= 11 is 5.76. The number of nitrogens with zero attached hydrogens (tertiary/aromatic N) is 2. The first kappa shape index (κ1) is 16.2. The first-order valence-corrected chi connectivity index (χ1v) is 8.99. The van der Waals surface area contributed by atoms with E-state index in [4.69, 9.17) is 11.6 Å². The maximum atomic E-state index is 13.8. The highest BCUT2D eigenvalue weighted by Gasteiger charge is 2.13. The van der Waals surface area contributed by atoms with Gasteiger partial charge in [0.15, 0.2) is 5.82 Å². The second kappa shape index (κ2) is 6.72. The number of alkyl halides is 1. The Morgan fingerprint density at radius 3 is 2.86 bits per heavy atom. The SMILES string of the molecule is CS(=O)(=O)NCCCn1c(CCCl)nc2c(F)cccc21. The molecule has 0 spiro atoms. The van der Waals surface area contributed by atoms with Crippen LogP contribution in [0.4, 0.5) is 4.39 Å². The van der Waals surface area contributed by atoms with E-state index in [-0.39, 0.29) is 5.82 Å². The fourth-order valence-corrected chi connectivity index (χ4v) is 2.86. The summed E-state index contributed by atoms with van der Waals surface area (Å²) in [6.07, 6.45) is 2.24. The van der Waals surface area contributed by atoms with Gasteiger partial charge in [0.1, 0.15) is 11.3 Å². The second-order valence-corrected chi connectivity index (χ2v) is 6.96. The van der Waals surface area contributed by atoms with Crippen molar-refractivity contribution in [3.05, 3.63) is 29.8 Å². The van der Waals surface area contributed by atoms with E-state index in [2.05, 4.69) is 9.71 Å². The van der Waals surface area contributed by atoms with Crippen LogP contribution in [0.5, 0.6) is 0 Å². The van der Waals surface area contributed by atoms with Crippen molar-refractivity contribution < 1.29 is 12.8 Å². The molecule has 2 rings (SSSR count). The zero-order valence-electron chi connectivity index (χ0n) is 11.6. The summed E-state index contributed by atoms with van der Waals surface area (Å²) in [5, 5.41) is 0. The molecule has 0 atom stereocenters. The fourth-order valence-electron chi connectivity index (χ4n) is 2.18. The van der Waals surface area contributed by atoms with Gasteiger partial charge in [-0.2, -0.15) is 0 Å². The third kappa shape index (κ3) is 4.15. The average molecular weight is 334 g/mol. The molecule has 0 saturated heterocycles. The Bertz CT molecular complexity index is 730. The van der Waals surface area contributed by atoms with Gasteiger partial charge >= 0.3 is 0 Å². The number of hydrogen-bond acceptors (Lipinski definition) is 3. The van der Waals surface area contributed by atoms with Crippen molar-refractivity contribution in [1.82, 2.24) is 14.3 Å². The number of aryl methyl sites for hydroxylation is 2. The third-order valence-electron chi connectivity index (χ3n) is 3.05. The summed E-state index contributed by atoms with van der Waals surface area (Å²) in [4.78, 5) is 4.29. The number of rotatable bonds is 7. The lowest BCUT2D eigenvalue weighted by Gasteiger charge is -2.08. The van der Waals surface area contributed by atoms with E-state index in [1.165, 1.54) is 6.07 Å². The number of fused-ring (bicyclic) bond motifs is 1. The number of hydrogen-bond donors (Lipinski definition) is 1. The quantitative estimate of drug-likeness (QED) is 0.621. The summed E-state index contributed by atoms with van der Waals surface area (Å²) in [5.41, 5.74) is 1.03. The molecule has 0 bridgehead atoms. The molecule has 1 heterocycles. The Hall–Kier alpha value is -1.18. The van der Waals surface area contributed by atoms with Crippen LogP contribution in [0.1, 0.15) is 12.2 Å². The van der Waals surface area contributed by atoms with E-state index in [1.807, 2.05) is 4.57 Å². The predicted octanol–water partition coefficient (Wildman–Crippen LogP) is 1.90. The molecule has 0 saturated carbocycles. The lowest BCUT2D eigenvalue weighted by molar-refractivity contribution is 0.574. The van der Waals surface area contributed by atoms with E-state index in [0.717, 1.165) is 6.26 Å². The van der Waals surface area contributed by atoms with Gasteiger partial charge in [0, 0.05) is 25.4 Å². The molecule has 0 aliphatic heterocycles. The Kier molecular flexibility index (Phi) is 5.18. The maximum absolute atomic E-state index is 13.8. The Morgan fingerprint density at radius 1 is 1.43 bits per heavy atom. The molecule has 1 aromatic carbocycles. The van der Waals surface area contributed by atoms with Crippen LogP contribution in [-0.2, 0) is 23.0 Å². The smallest absolute Gasteiger partial charge is 0.208 e. The van der Waals surface area contributed by atoms with E-state index >= 15 is 0 Å². The Balaban J connectivity index is 2.20. The molecule has 21 heavy (non-hydrogen) atoms. The van der Waals surface area contributed by atoms with Crippen molar-refractivity contribution in [2.75, 3.05) is 18.7 Å². The Labute approximate surface area is 128 Å². The second-order valence-electron chi connectivity index (χ2n) is 4.75. The van der Waals surface area contributed by atoms with Gasteiger partial charge in [0.05, 0.1) is 11.8 Å². The zero-order valence-corrected chi connectivity index (χ0v) is 13.2. The number of imidazole rings is 1. The number of aromatic nitrogens is 2. The summed E-state index contributed by atoms with van der Waals surface area (Å²) in [6, 6.07) is 4.80. The molecule has 0 radical (unpaired) electrons. The van der Waals surface area contributed by atoms with Crippen LogP contribution in [0.15, 0.2) is 18.2 Å². The van der Waals surface area contributed by atoms with Gasteiger partial charge in [0.2, 0.25) is 10.0 Å². The van der Waals surface area contributed by atoms with Gasteiger partial charge in [-0.25, -0.2) is 22.5 Å². The molecule has 0 aliphatic carbocycles. The highest BCUT2D eigenvalue weighted by molar-refractivity contribution is 7.88. The molecule has 0 unspecified atom stereocenters. The Morgan fingerprint density at radius 2 is 2.19 bits per heavy atom. The first-order valence-electron chi connectivity index (χ1n) is 6.56. The van der Waals surface area contributed by atoms with Crippen molar-refractivity contribution in [2.24, 2.45) is 0 Å². The molecule has 2 aromatic rings. The first-order chi connectivity index (χ1) is 9.92. The molecule has 0 amide bonds. The summed E-state index contributed by atoms with van der Waals surface area (Å²) in [6.45, 7) is 0.878. The molecule has 5 nitrogen and oxygen atoms in total. The average Bonchev–Trinajstić information content (AvgIpc) is 2.74. The van der Waals surface area contributed by atoms with E-state index in [0.29, 0.717) is 48.7 Å². The molecular formula is C13H17ClFN3O2S. The molecule has 0 aliphatic rings. The van der Waals surface area contributed by atoms with Crippen LogP contribution in [0.3, 0.4) is 0 Å². The van der Waals surface area contributed by atoms with Crippen molar-refractivity contribution in [2.45, 2.75) is 19.4 Å². The van der Waals surface area contributed by atoms with Gasteiger partial charge < -0.3 is 4.57 Å². The van der Waals surface area contributed by atoms with Crippen LogP contribution in [-0.4, -0.2) is 36.6 Å². The summed E-state index contributed by atoms with van der Waals surface area (Å²) < 4.78 is 40.1. The molecule has 0 fully saturated rings. The third-order valence-corrected chi connectivity index (χ3v) is 3.97. The normalized spacial score (nSPS) is 12.1. The van der Waals surface area contributed by atoms with Gasteiger partial charge in [0.25, 0.3) is 0 Å². The van der Waals surface area contributed by atoms with Crippen molar-refractivity contribution in [3.63, 3.8) is 0 Å². The molecular weight excluding hydrogens is 317 g/mol. The van der Waals surface area contributed by atoms with Crippen LogP contribution in [0.2, 0.25) is 0 Å². The van der Waals surface area contributed by atoms with Crippen LogP contribution in [0.25, 0.3) is 11.0 Å². The molecule has 1 N–H and O–H groups in total. The van der Waals surface area contributed by atoms with Gasteiger partial charge in [-0.05, 0) is 18.6 Å². The number of benzene rings is 1. The van der Waals surface area contributed by atoms with Crippen LogP contribution < -0.4 is 4.72 Å². The van der Waals surface area contributed by atoms with Crippen LogP contribution in [0, 0.1) is 5.82 Å². The van der Waals surface area contributed by atoms with Gasteiger partial charge in [-0.3, -0.25) is 0 Å². The standard InChI is InChI=1S/C13H17ClFN3O2S/c1-21(19,20)16-8-3-9-18-11-5-2-4-10(15)13(11)17-12(18)6-7-14/h2,4-5,16H,3,6-9H2,1H3. The van der Waals surface area contributed by atoms with Crippen LogP contribution >= 0.6 is 11.6 Å². The summed E-state index contributed by atoms with van der Waals surface area (Å²) in [7, 11) is -3.19. The predicted molar refractivity (Wildman–Crippen MR) is 81.6 cm³/mol. The fraction of sp³-hybridized carbons (Fsp3) is 0.462. The highest BCUT2D eigenvalue weighted by atomic mass is 35.5. The number of para-hydroxylation sites is 1. The maximum Gasteiger partial charge on any atom is 0.208 e. The van der Waals surface area contributed by atoms with E-state index < -0.39 is 10.0 Å². The minimum absolute atomic E-state index is 0.327. The zero-order chi connectivity index (χ0) is 15.5. The van der Waals surface area contributed by atoms with E-state index in [9.17, 15) is 12.8 Å². The number of sulfonamides is 1. The summed E-state index contributed by atoms with van der Waals surface area (Å²) in [5.74, 6) is 0.743. The highest BCUT2D eigenvalue weighted by Crippen LogP contribution is 2.20. The lowest BCUT2D eigenvalue weighted by Crippen LogP contribution is -2.24.